The van der Waals surface area contributed by atoms with E-state index < -0.39 is 11.8 Å². The summed E-state index contributed by atoms with van der Waals surface area (Å²) in [6.45, 7) is 0.519. The molecule has 0 aromatic heterocycles. The lowest BCUT2D eigenvalue weighted by atomic mass is 10.1. The van der Waals surface area contributed by atoms with E-state index >= 15 is 0 Å². The molecule has 0 spiro atoms. The van der Waals surface area contributed by atoms with Crippen molar-refractivity contribution in [2.45, 2.75) is 38.5 Å². The molecule has 0 aliphatic heterocycles. The maximum atomic E-state index is 12.9. The first kappa shape index (κ1) is 17.4. The van der Waals surface area contributed by atoms with Crippen LogP contribution in [0.5, 0.6) is 0 Å². The topological polar surface area (TPSA) is 66.4 Å². The standard InChI is InChI=1S/C15H19ClFNO3/c16-13-10-11(17)7-8-12(13)15(21)18-9-5-3-1-2-4-6-14(19)20/h7-8,10H,1-6,9H2,(H,18,21)(H,19,20). The number of halogens is 2. The third-order valence-corrected chi connectivity index (χ3v) is 3.34. The van der Waals surface area contributed by atoms with Crippen LogP contribution in [0.4, 0.5) is 4.39 Å². The molecule has 1 rings (SSSR count). The normalized spacial score (nSPS) is 10.4. The fourth-order valence-electron chi connectivity index (χ4n) is 1.90. The van der Waals surface area contributed by atoms with Crippen LogP contribution in [0.15, 0.2) is 18.2 Å². The zero-order valence-corrected chi connectivity index (χ0v) is 12.5. The third kappa shape index (κ3) is 7.09. The van der Waals surface area contributed by atoms with E-state index in [1.807, 2.05) is 0 Å². The van der Waals surface area contributed by atoms with E-state index in [9.17, 15) is 14.0 Å². The van der Waals surface area contributed by atoms with Crippen LogP contribution in [0, 0.1) is 5.82 Å². The highest BCUT2D eigenvalue weighted by atomic mass is 35.5. The number of nitrogens with one attached hydrogen (secondary N) is 1. The summed E-state index contributed by atoms with van der Waals surface area (Å²) in [5.74, 6) is -1.55. The van der Waals surface area contributed by atoms with Gasteiger partial charge in [-0.25, -0.2) is 4.39 Å². The van der Waals surface area contributed by atoms with Crippen molar-refractivity contribution in [2.75, 3.05) is 6.54 Å². The van der Waals surface area contributed by atoms with Gasteiger partial charge < -0.3 is 10.4 Å². The summed E-state index contributed by atoms with van der Waals surface area (Å²) in [6, 6.07) is 3.67. The van der Waals surface area contributed by atoms with Gasteiger partial charge in [0.25, 0.3) is 5.91 Å². The van der Waals surface area contributed by atoms with Crippen molar-refractivity contribution in [1.82, 2.24) is 5.32 Å². The van der Waals surface area contributed by atoms with Gasteiger partial charge in [0.2, 0.25) is 0 Å². The number of carboxylic acid groups (broad SMARTS) is 1. The molecule has 21 heavy (non-hydrogen) atoms. The average Bonchev–Trinajstić information content (AvgIpc) is 2.41. The Morgan fingerprint density at radius 1 is 1.14 bits per heavy atom. The molecule has 0 bridgehead atoms. The molecule has 1 aromatic carbocycles. The highest BCUT2D eigenvalue weighted by Crippen LogP contribution is 2.17. The SMILES string of the molecule is O=C(O)CCCCCCCNC(=O)c1ccc(F)cc1Cl. The molecule has 1 amide bonds. The van der Waals surface area contributed by atoms with E-state index in [4.69, 9.17) is 16.7 Å². The van der Waals surface area contributed by atoms with Crippen LogP contribution in [0.2, 0.25) is 5.02 Å². The fourth-order valence-corrected chi connectivity index (χ4v) is 2.16. The monoisotopic (exact) mass is 315 g/mol. The number of amides is 1. The molecule has 6 heteroatoms. The van der Waals surface area contributed by atoms with Crippen molar-refractivity contribution in [2.24, 2.45) is 0 Å². The molecular formula is C15H19ClFNO3. The Balaban J connectivity index is 2.15. The summed E-state index contributed by atoms with van der Waals surface area (Å²) in [7, 11) is 0. The fraction of sp³-hybridized carbons (Fsp3) is 0.467. The van der Waals surface area contributed by atoms with Gasteiger partial charge in [-0.05, 0) is 31.0 Å². The maximum Gasteiger partial charge on any atom is 0.303 e. The van der Waals surface area contributed by atoms with Gasteiger partial charge in [0.15, 0.2) is 0 Å². The van der Waals surface area contributed by atoms with Gasteiger partial charge in [-0.2, -0.15) is 0 Å². The largest absolute Gasteiger partial charge is 0.481 e. The second-order valence-corrected chi connectivity index (χ2v) is 5.20. The number of hydrogen-bond acceptors (Lipinski definition) is 2. The molecule has 0 heterocycles. The Kier molecular flexibility index (Phi) is 7.75. The molecule has 0 aliphatic rings. The predicted molar refractivity (Wildman–Crippen MR) is 79.1 cm³/mol. The van der Waals surface area contributed by atoms with E-state index in [2.05, 4.69) is 5.32 Å². The van der Waals surface area contributed by atoms with Crippen LogP contribution in [-0.2, 0) is 4.79 Å². The zero-order valence-electron chi connectivity index (χ0n) is 11.7. The summed E-state index contributed by atoms with van der Waals surface area (Å²) in [5, 5.41) is 11.3. The number of rotatable bonds is 9. The van der Waals surface area contributed by atoms with Crippen LogP contribution in [-0.4, -0.2) is 23.5 Å². The number of benzene rings is 1. The quantitative estimate of drug-likeness (QED) is 0.684. The highest BCUT2D eigenvalue weighted by molar-refractivity contribution is 6.33. The molecule has 0 atom stereocenters. The van der Waals surface area contributed by atoms with Crippen LogP contribution in [0.1, 0.15) is 48.9 Å². The van der Waals surface area contributed by atoms with E-state index in [0.29, 0.717) is 13.0 Å². The first-order valence-electron chi connectivity index (χ1n) is 6.95. The molecule has 0 saturated carbocycles. The molecular weight excluding hydrogens is 297 g/mol. The highest BCUT2D eigenvalue weighted by Gasteiger charge is 2.10. The van der Waals surface area contributed by atoms with Gasteiger partial charge in [0, 0.05) is 13.0 Å². The van der Waals surface area contributed by atoms with E-state index in [1.165, 1.54) is 12.1 Å². The van der Waals surface area contributed by atoms with E-state index in [-0.39, 0.29) is 22.9 Å². The van der Waals surface area contributed by atoms with Crippen LogP contribution < -0.4 is 5.32 Å². The first-order chi connectivity index (χ1) is 10.0. The molecule has 1 aromatic rings. The Hall–Kier alpha value is -1.62. The number of hydrogen-bond donors (Lipinski definition) is 2. The van der Waals surface area contributed by atoms with Crippen molar-refractivity contribution in [3.8, 4) is 0 Å². The number of unbranched alkanes of at least 4 members (excludes halogenated alkanes) is 4. The minimum Gasteiger partial charge on any atom is -0.481 e. The van der Waals surface area contributed by atoms with Crippen LogP contribution >= 0.6 is 11.6 Å². The number of carbonyl (C=O) groups excluding carboxylic acids is 1. The predicted octanol–water partition coefficient (Wildman–Crippen LogP) is 3.63. The van der Waals surface area contributed by atoms with Gasteiger partial charge in [-0.3, -0.25) is 9.59 Å². The van der Waals surface area contributed by atoms with E-state index in [1.54, 1.807) is 0 Å². The third-order valence-electron chi connectivity index (χ3n) is 3.03. The summed E-state index contributed by atoms with van der Waals surface area (Å²) >= 11 is 5.80. The number of carboxylic acids is 1. The molecule has 2 N–H and O–H groups in total. The average molecular weight is 316 g/mol. The molecule has 0 fully saturated rings. The molecule has 0 saturated heterocycles. The Morgan fingerprint density at radius 2 is 1.81 bits per heavy atom. The van der Waals surface area contributed by atoms with Crippen molar-refractivity contribution >= 4 is 23.5 Å². The maximum absolute atomic E-state index is 12.9. The molecule has 0 unspecified atom stereocenters. The lowest BCUT2D eigenvalue weighted by Crippen LogP contribution is -2.24. The Bertz CT molecular complexity index is 494. The lowest BCUT2D eigenvalue weighted by molar-refractivity contribution is -0.137. The van der Waals surface area contributed by atoms with Gasteiger partial charge >= 0.3 is 5.97 Å². The number of carbonyl (C=O) groups is 2. The van der Waals surface area contributed by atoms with Crippen molar-refractivity contribution in [1.29, 1.82) is 0 Å². The minimum atomic E-state index is -0.765. The molecule has 116 valence electrons. The van der Waals surface area contributed by atoms with Crippen LogP contribution in [0.3, 0.4) is 0 Å². The van der Waals surface area contributed by atoms with Gasteiger partial charge in [-0.15, -0.1) is 0 Å². The summed E-state index contributed by atoms with van der Waals surface area (Å²) < 4.78 is 12.9. The molecule has 0 radical (unpaired) electrons. The van der Waals surface area contributed by atoms with Crippen LogP contribution in [0.25, 0.3) is 0 Å². The van der Waals surface area contributed by atoms with E-state index in [0.717, 1.165) is 31.7 Å². The van der Waals surface area contributed by atoms with Gasteiger partial charge in [0.1, 0.15) is 5.82 Å². The number of aliphatic carboxylic acids is 1. The van der Waals surface area contributed by atoms with Gasteiger partial charge in [-0.1, -0.05) is 30.9 Å². The molecule has 4 nitrogen and oxygen atoms in total. The van der Waals surface area contributed by atoms with Crippen molar-refractivity contribution < 1.29 is 19.1 Å². The minimum absolute atomic E-state index is 0.0983. The van der Waals surface area contributed by atoms with Crippen molar-refractivity contribution in [3.63, 3.8) is 0 Å². The summed E-state index contributed by atoms with van der Waals surface area (Å²) in [6.07, 6.45) is 4.46. The lowest BCUT2D eigenvalue weighted by Gasteiger charge is -2.06. The first-order valence-corrected chi connectivity index (χ1v) is 7.33. The summed E-state index contributed by atoms with van der Waals surface area (Å²) in [5.41, 5.74) is 0.263. The molecule has 0 aliphatic carbocycles. The van der Waals surface area contributed by atoms with Crippen molar-refractivity contribution in [3.05, 3.63) is 34.6 Å². The smallest absolute Gasteiger partial charge is 0.303 e. The second-order valence-electron chi connectivity index (χ2n) is 4.79. The Morgan fingerprint density at radius 3 is 2.48 bits per heavy atom. The second kappa shape index (κ2) is 9.34. The zero-order chi connectivity index (χ0) is 15.7. The van der Waals surface area contributed by atoms with Gasteiger partial charge in [0.05, 0.1) is 10.6 Å². The summed E-state index contributed by atoms with van der Waals surface area (Å²) in [4.78, 5) is 22.1. The Labute approximate surface area is 128 Å².